The first-order chi connectivity index (χ1) is 33.5. The van der Waals surface area contributed by atoms with Crippen molar-refractivity contribution in [3.63, 3.8) is 0 Å². The van der Waals surface area contributed by atoms with E-state index in [-0.39, 0.29) is 11.8 Å². The van der Waals surface area contributed by atoms with Gasteiger partial charge in [0, 0.05) is 44.2 Å². The van der Waals surface area contributed by atoms with Crippen LogP contribution >= 0.6 is 14.3 Å². The molecule has 1 aliphatic carbocycles. The SMILES string of the molecule is CC1C=C(c2ccc3c4ccccc4c4nc5ccccc5n4c3c2)C=CC1c1ccc(P(C)(=O)Cc2cccc3c2nc2c4ccccc4c4ccc(-c5ccc(P(C)(C)=O)cc5)cc4n32)cc1. The van der Waals surface area contributed by atoms with Crippen LogP contribution in [0.5, 0.6) is 0 Å². The van der Waals surface area contributed by atoms with Crippen molar-refractivity contribution < 1.29 is 9.13 Å². The third kappa shape index (κ3) is 6.76. The smallest absolute Gasteiger partial charge is 0.146 e. The minimum absolute atomic E-state index is 0.190. The minimum atomic E-state index is -2.87. The minimum Gasteiger partial charge on any atom is -0.319 e. The summed E-state index contributed by atoms with van der Waals surface area (Å²) in [5.74, 6) is 0.440. The highest BCUT2D eigenvalue weighted by Gasteiger charge is 2.26. The van der Waals surface area contributed by atoms with Crippen LogP contribution in [0.4, 0.5) is 0 Å². The quantitative estimate of drug-likeness (QED) is 0.118. The van der Waals surface area contributed by atoms with Gasteiger partial charge in [0.25, 0.3) is 0 Å². The van der Waals surface area contributed by atoms with E-state index < -0.39 is 14.3 Å². The maximum atomic E-state index is 14.9. The van der Waals surface area contributed by atoms with Crippen molar-refractivity contribution in [2.45, 2.75) is 19.0 Å². The second kappa shape index (κ2) is 15.6. The van der Waals surface area contributed by atoms with E-state index in [2.05, 4.69) is 198 Å². The number of aromatic nitrogens is 4. The predicted octanol–water partition coefficient (Wildman–Crippen LogP) is 15.0. The average molecular weight is 931 g/mol. The lowest BCUT2D eigenvalue weighted by Gasteiger charge is -2.24. The molecule has 4 heterocycles. The monoisotopic (exact) mass is 930 g/mol. The van der Waals surface area contributed by atoms with Crippen molar-refractivity contribution in [1.82, 2.24) is 18.8 Å². The largest absolute Gasteiger partial charge is 0.319 e. The van der Waals surface area contributed by atoms with Crippen LogP contribution in [0, 0.1) is 5.92 Å². The number of nitrogens with zero attached hydrogens (tertiary/aromatic N) is 4. The first kappa shape index (κ1) is 41.8. The van der Waals surface area contributed by atoms with E-state index in [4.69, 9.17) is 9.97 Å². The highest BCUT2D eigenvalue weighted by Crippen LogP contribution is 2.47. The molecule has 6 nitrogen and oxygen atoms in total. The Morgan fingerprint density at radius 1 is 0.507 bits per heavy atom. The molecule has 12 aromatic rings. The molecule has 8 heteroatoms. The Bertz CT molecular complexity index is 4290. The maximum absolute atomic E-state index is 14.9. The van der Waals surface area contributed by atoms with E-state index in [1.54, 1.807) is 0 Å². The van der Waals surface area contributed by atoms with Crippen LogP contribution < -0.4 is 10.6 Å². The van der Waals surface area contributed by atoms with Gasteiger partial charge in [-0.1, -0.05) is 171 Å². The molecule has 0 N–H and O–H groups in total. The number of benzene rings is 8. The van der Waals surface area contributed by atoms with Gasteiger partial charge in [0.15, 0.2) is 0 Å². The summed E-state index contributed by atoms with van der Waals surface area (Å²) >= 11 is 0. The fraction of sp³-hybridized carbons (Fsp3) is 0.115. The Morgan fingerprint density at radius 3 is 1.75 bits per heavy atom. The molecule has 0 amide bonds. The zero-order valence-corrected chi connectivity index (χ0v) is 40.6. The molecule has 0 spiro atoms. The first-order valence-corrected chi connectivity index (χ1v) is 28.6. The predicted molar refractivity (Wildman–Crippen MR) is 292 cm³/mol. The van der Waals surface area contributed by atoms with Crippen molar-refractivity contribution in [2.24, 2.45) is 5.92 Å². The molecular formula is C61H48N4O2P2. The Morgan fingerprint density at radius 2 is 1.07 bits per heavy atom. The lowest BCUT2D eigenvalue weighted by Crippen LogP contribution is -2.11. The summed E-state index contributed by atoms with van der Waals surface area (Å²) in [6.07, 6.45) is 7.40. The van der Waals surface area contributed by atoms with E-state index in [0.717, 1.165) is 93.2 Å². The Hall–Kier alpha value is -7.36. The summed E-state index contributed by atoms with van der Waals surface area (Å²) in [5, 5.41) is 8.66. The number of pyridine rings is 2. The van der Waals surface area contributed by atoms with Gasteiger partial charge in [0.2, 0.25) is 0 Å². The van der Waals surface area contributed by atoms with E-state index in [1.165, 1.54) is 27.5 Å². The highest BCUT2D eigenvalue weighted by atomic mass is 31.2. The van der Waals surface area contributed by atoms with Gasteiger partial charge in [-0.15, -0.1) is 0 Å². The second-order valence-electron chi connectivity index (χ2n) is 19.5. The number of hydrogen-bond donors (Lipinski definition) is 0. The highest BCUT2D eigenvalue weighted by molar-refractivity contribution is 7.70. The zero-order valence-electron chi connectivity index (χ0n) is 38.8. The number of para-hydroxylation sites is 3. The molecule has 0 bridgehead atoms. The van der Waals surface area contributed by atoms with Crippen LogP contribution in [-0.4, -0.2) is 38.8 Å². The lowest BCUT2D eigenvalue weighted by molar-refractivity contribution is 0.584. The average Bonchev–Trinajstić information content (AvgIpc) is 3.97. The topological polar surface area (TPSA) is 68.7 Å². The van der Waals surface area contributed by atoms with Crippen molar-refractivity contribution in [3.05, 3.63) is 211 Å². The summed E-state index contributed by atoms with van der Waals surface area (Å²) < 4.78 is 32.3. The van der Waals surface area contributed by atoms with Crippen LogP contribution in [0.3, 0.4) is 0 Å². The van der Waals surface area contributed by atoms with Crippen LogP contribution in [0.2, 0.25) is 0 Å². The third-order valence-corrected chi connectivity index (χ3v) is 18.5. The van der Waals surface area contributed by atoms with Gasteiger partial charge < -0.3 is 9.13 Å². The van der Waals surface area contributed by atoms with Crippen LogP contribution in [0.15, 0.2) is 194 Å². The molecule has 0 aliphatic heterocycles. The van der Waals surface area contributed by atoms with Gasteiger partial charge >= 0.3 is 0 Å². The van der Waals surface area contributed by atoms with Crippen molar-refractivity contribution >= 4 is 107 Å². The summed E-state index contributed by atoms with van der Waals surface area (Å²) in [6, 6.07) is 61.8. The molecule has 0 fully saturated rings. The third-order valence-electron chi connectivity index (χ3n) is 14.7. The number of allylic oxidation sites excluding steroid dienone is 4. The summed E-state index contributed by atoms with van der Waals surface area (Å²) in [5.41, 5.74) is 14.7. The standard InChI is InChI=1S/C61H48N4O2P2/c1-38-34-41(43-26-33-50-48-13-5-7-15-52(48)60-62-54-17-9-10-18-55(54)64(60)57(50)36-43)24-31-47(38)40-22-29-46(30-23-40)69(4,67)37-44-12-11-19-56-59(44)63-61-53-16-8-6-14-49(53)51-32-25-42(35-58(51)65(56)61)39-20-27-45(28-21-39)68(2,3)66/h5-36,38,47H,37H2,1-4H3. The number of rotatable bonds is 7. The van der Waals surface area contributed by atoms with Crippen molar-refractivity contribution in [2.75, 3.05) is 20.0 Å². The Kier molecular flexibility index (Phi) is 9.44. The van der Waals surface area contributed by atoms with Crippen LogP contribution in [0.25, 0.3) is 93.4 Å². The van der Waals surface area contributed by atoms with E-state index in [1.807, 2.05) is 32.1 Å². The molecule has 0 radical (unpaired) electrons. The molecule has 3 unspecified atom stereocenters. The van der Waals surface area contributed by atoms with E-state index in [0.29, 0.717) is 6.16 Å². The molecule has 8 aromatic carbocycles. The van der Waals surface area contributed by atoms with Crippen molar-refractivity contribution in [1.29, 1.82) is 0 Å². The van der Waals surface area contributed by atoms with E-state index >= 15 is 0 Å². The van der Waals surface area contributed by atoms with E-state index in [9.17, 15) is 9.13 Å². The molecule has 334 valence electrons. The molecule has 0 saturated carbocycles. The lowest BCUT2D eigenvalue weighted by atomic mass is 9.81. The molecule has 3 atom stereocenters. The Balaban J connectivity index is 0.809. The number of fused-ring (bicyclic) bond motifs is 16. The molecular weight excluding hydrogens is 883 g/mol. The van der Waals surface area contributed by atoms with Gasteiger partial charge in [-0.25, -0.2) is 9.97 Å². The molecule has 4 aromatic heterocycles. The fourth-order valence-corrected chi connectivity index (χ4v) is 13.8. The normalized spacial score (nSPS) is 16.4. The van der Waals surface area contributed by atoms with Gasteiger partial charge in [0.1, 0.15) is 25.6 Å². The number of imidazole rings is 2. The summed E-state index contributed by atoms with van der Waals surface area (Å²) in [6.45, 7) is 7.83. The van der Waals surface area contributed by atoms with Gasteiger partial charge in [-0.3, -0.25) is 8.80 Å². The summed E-state index contributed by atoms with van der Waals surface area (Å²) in [7, 11) is -5.24. The van der Waals surface area contributed by atoms with Gasteiger partial charge in [-0.05, 0) is 100 Å². The molecule has 69 heavy (non-hydrogen) atoms. The van der Waals surface area contributed by atoms with Gasteiger partial charge in [0.05, 0.1) is 33.1 Å². The zero-order chi connectivity index (χ0) is 46.8. The fourth-order valence-electron chi connectivity index (χ4n) is 11.1. The number of hydrogen-bond acceptors (Lipinski definition) is 4. The molecule has 0 saturated heterocycles. The van der Waals surface area contributed by atoms with Gasteiger partial charge in [-0.2, -0.15) is 0 Å². The molecule has 13 rings (SSSR count). The Labute approximate surface area is 400 Å². The van der Waals surface area contributed by atoms with Crippen LogP contribution in [0.1, 0.15) is 29.5 Å². The maximum Gasteiger partial charge on any atom is 0.146 e. The summed E-state index contributed by atoms with van der Waals surface area (Å²) in [4.78, 5) is 10.5. The molecule has 1 aliphatic rings. The first-order valence-electron chi connectivity index (χ1n) is 23.7. The second-order valence-corrected chi connectivity index (χ2v) is 25.7. The van der Waals surface area contributed by atoms with Crippen LogP contribution in [-0.2, 0) is 15.3 Å². The van der Waals surface area contributed by atoms with Crippen molar-refractivity contribution in [3.8, 4) is 11.1 Å².